The molecule has 0 saturated carbocycles. The normalized spacial score (nSPS) is 25.0. The molecule has 1 aromatic carbocycles. The zero-order valence-corrected chi connectivity index (χ0v) is 14.4. The molecule has 2 heterocycles. The fraction of sp³-hybridized carbons (Fsp3) is 0.579. The predicted octanol–water partition coefficient (Wildman–Crippen LogP) is 1.86. The first-order valence-corrected chi connectivity index (χ1v) is 8.82. The van der Waals surface area contributed by atoms with Crippen LogP contribution in [0.1, 0.15) is 31.2 Å². The van der Waals surface area contributed by atoms with Crippen molar-refractivity contribution in [1.82, 2.24) is 9.80 Å². The topological polar surface area (TPSA) is 49.9 Å². The van der Waals surface area contributed by atoms with E-state index in [1.165, 1.54) is 5.56 Å². The summed E-state index contributed by atoms with van der Waals surface area (Å²) in [5.41, 5.74) is 0.338. The lowest BCUT2D eigenvalue weighted by molar-refractivity contribution is -0.173. The van der Waals surface area contributed by atoms with Crippen molar-refractivity contribution >= 4 is 11.8 Å². The Hall–Kier alpha value is -1.88. The van der Waals surface area contributed by atoms with Gasteiger partial charge in [-0.25, -0.2) is 0 Å². The van der Waals surface area contributed by atoms with Crippen LogP contribution in [0.3, 0.4) is 0 Å². The average Bonchev–Trinajstić information content (AvgIpc) is 2.75. The van der Waals surface area contributed by atoms with Crippen molar-refractivity contribution in [1.29, 1.82) is 0 Å². The van der Waals surface area contributed by atoms with E-state index >= 15 is 0 Å². The third kappa shape index (κ3) is 3.61. The van der Waals surface area contributed by atoms with Crippen LogP contribution in [-0.2, 0) is 20.7 Å². The Morgan fingerprint density at radius 1 is 1.21 bits per heavy atom. The number of amides is 2. The van der Waals surface area contributed by atoms with Crippen LogP contribution in [0.15, 0.2) is 30.3 Å². The largest absolute Gasteiger partial charge is 0.361 e. The van der Waals surface area contributed by atoms with E-state index in [1.807, 2.05) is 42.3 Å². The summed E-state index contributed by atoms with van der Waals surface area (Å²) in [6, 6.07) is 10.0. The zero-order chi connectivity index (χ0) is 17.0. The van der Waals surface area contributed by atoms with Crippen LogP contribution in [0.2, 0.25) is 0 Å². The zero-order valence-electron chi connectivity index (χ0n) is 14.4. The Kier molecular flexibility index (Phi) is 5.19. The van der Waals surface area contributed by atoms with E-state index in [9.17, 15) is 9.59 Å². The summed E-state index contributed by atoms with van der Waals surface area (Å²) in [5.74, 6) is 0.141. The van der Waals surface area contributed by atoms with Crippen LogP contribution in [0.4, 0.5) is 0 Å². The van der Waals surface area contributed by atoms with Crippen LogP contribution < -0.4 is 0 Å². The Bertz CT molecular complexity index is 590. The van der Waals surface area contributed by atoms with Crippen molar-refractivity contribution in [3.63, 3.8) is 0 Å². The maximum atomic E-state index is 12.7. The van der Waals surface area contributed by atoms with E-state index < -0.39 is 5.60 Å². The summed E-state index contributed by atoms with van der Waals surface area (Å²) < 4.78 is 5.93. The molecule has 3 rings (SSSR count). The number of likely N-dealkylation sites (tertiary alicyclic amines) is 1. The molecule has 1 spiro atoms. The van der Waals surface area contributed by atoms with Gasteiger partial charge < -0.3 is 14.5 Å². The molecule has 1 unspecified atom stereocenters. The highest BCUT2D eigenvalue weighted by molar-refractivity contribution is 5.87. The third-order valence-corrected chi connectivity index (χ3v) is 5.07. The fourth-order valence-electron chi connectivity index (χ4n) is 3.65. The molecule has 1 aromatic rings. The van der Waals surface area contributed by atoms with Gasteiger partial charge in [-0.3, -0.25) is 9.59 Å². The summed E-state index contributed by atoms with van der Waals surface area (Å²) in [7, 11) is 1.83. The lowest BCUT2D eigenvalue weighted by Gasteiger charge is -2.42. The molecule has 5 nitrogen and oxygen atoms in total. The number of carbonyl (C=O) groups is 2. The van der Waals surface area contributed by atoms with Gasteiger partial charge in [0.2, 0.25) is 5.91 Å². The second kappa shape index (κ2) is 7.34. The summed E-state index contributed by atoms with van der Waals surface area (Å²) in [6.07, 6.45) is 3.87. The lowest BCUT2D eigenvalue weighted by Crippen LogP contribution is -2.60. The van der Waals surface area contributed by atoms with Crippen LogP contribution >= 0.6 is 0 Å². The summed E-state index contributed by atoms with van der Waals surface area (Å²) in [4.78, 5) is 28.9. The minimum absolute atomic E-state index is 0.0283. The predicted molar refractivity (Wildman–Crippen MR) is 91.5 cm³/mol. The van der Waals surface area contributed by atoms with Gasteiger partial charge >= 0.3 is 0 Å². The number of aryl methyl sites for hydroxylation is 1. The molecule has 0 bridgehead atoms. The van der Waals surface area contributed by atoms with E-state index in [1.54, 1.807) is 4.90 Å². The van der Waals surface area contributed by atoms with Gasteiger partial charge in [0, 0.05) is 26.6 Å². The third-order valence-electron chi connectivity index (χ3n) is 5.07. The molecule has 0 N–H and O–H groups in total. The second-order valence-electron chi connectivity index (χ2n) is 6.83. The molecule has 2 amide bonds. The first-order valence-electron chi connectivity index (χ1n) is 8.82. The van der Waals surface area contributed by atoms with Gasteiger partial charge in [-0.2, -0.15) is 0 Å². The van der Waals surface area contributed by atoms with Gasteiger partial charge in [0.1, 0.15) is 0 Å². The van der Waals surface area contributed by atoms with Crippen LogP contribution in [0.5, 0.6) is 0 Å². The molecule has 24 heavy (non-hydrogen) atoms. The van der Waals surface area contributed by atoms with Crippen molar-refractivity contribution in [3.8, 4) is 0 Å². The minimum atomic E-state index is -0.827. The SMILES string of the molecule is CN1CCCCC2(CN(C(=O)CCc3ccccc3)CCO2)C1=O. The molecule has 2 aliphatic rings. The molecule has 1 atom stereocenters. The molecule has 2 fully saturated rings. The number of carbonyl (C=O) groups excluding carboxylic acids is 2. The average molecular weight is 330 g/mol. The lowest BCUT2D eigenvalue weighted by atomic mass is 9.94. The molecule has 2 saturated heterocycles. The molecule has 130 valence electrons. The Morgan fingerprint density at radius 2 is 2.00 bits per heavy atom. The van der Waals surface area contributed by atoms with Crippen LogP contribution in [0, 0.1) is 0 Å². The number of benzene rings is 1. The number of nitrogens with zero attached hydrogens (tertiary/aromatic N) is 2. The minimum Gasteiger partial charge on any atom is -0.361 e. The van der Waals surface area contributed by atoms with Crippen molar-refractivity contribution in [2.45, 2.75) is 37.7 Å². The van der Waals surface area contributed by atoms with Gasteiger partial charge in [-0.15, -0.1) is 0 Å². The van der Waals surface area contributed by atoms with Crippen molar-refractivity contribution in [2.24, 2.45) is 0 Å². The maximum Gasteiger partial charge on any atom is 0.256 e. The van der Waals surface area contributed by atoms with E-state index in [-0.39, 0.29) is 11.8 Å². The number of hydrogen-bond acceptors (Lipinski definition) is 3. The van der Waals surface area contributed by atoms with Crippen LogP contribution in [-0.4, -0.2) is 60.5 Å². The molecular formula is C19H26N2O3. The summed E-state index contributed by atoms with van der Waals surface area (Å²) >= 11 is 0. The van der Waals surface area contributed by atoms with Gasteiger partial charge in [-0.1, -0.05) is 30.3 Å². The van der Waals surface area contributed by atoms with Gasteiger partial charge in [0.25, 0.3) is 5.91 Å². The van der Waals surface area contributed by atoms with Gasteiger partial charge in [0.15, 0.2) is 5.60 Å². The monoisotopic (exact) mass is 330 g/mol. The first-order chi connectivity index (χ1) is 11.6. The molecule has 2 aliphatic heterocycles. The number of hydrogen-bond donors (Lipinski definition) is 0. The van der Waals surface area contributed by atoms with E-state index in [0.29, 0.717) is 32.5 Å². The van der Waals surface area contributed by atoms with Crippen molar-refractivity contribution in [3.05, 3.63) is 35.9 Å². The molecule has 5 heteroatoms. The molecule has 0 aromatic heterocycles. The summed E-state index contributed by atoms with van der Waals surface area (Å²) in [6.45, 7) is 2.18. The maximum absolute atomic E-state index is 12.7. The highest BCUT2D eigenvalue weighted by Gasteiger charge is 2.46. The van der Waals surface area contributed by atoms with E-state index in [0.717, 1.165) is 25.8 Å². The van der Waals surface area contributed by atoms with E-state index in [2.05, 4.69) is 0 Å². The van der Waals surface area contributed by atoms with E-state index in [4.69, 9.17) is 4.74 Å². The van der Waals surface area contributed by atoms with Gasteiger partial charge in [0.05, 0.1) is 13.2 Å². The first kappa shape index (κ1) is 17.0. The molecule has 0 aliphatic carbocycles. The number of rotatable bonds is 3. The second-order valence-corrected chi connectivity index (χ2v) is 6.83. The number of ether oxygens (including phenoxy) is 1. The van der Waals surface area contributed by atoms with Crippen LogP contribution in [0.25, 0.3) is 0 Å². The smallest absolute Gasteiger partial charge is 0.256 e. The molecular weight excluding hydrogens is 304 g/mol. The number of likely N-dealkylation sites (N-methyl/N-ethyl adjacent to an activating group) is 1. The highest BCUT2D eigenvalue weighted by Crippen LogP contribution is 2.29. The van der Waals surface area contributed by atoms with Crippen molar-refractivity contribution in [2.75, 3.05) is 33.3 Å². The molecule has 0 radical (unpaired) electrons. The Balaban J connectivity index is 1.64. The van der Waals surface area contributed by atoms with Crippen molar-refractivity contribution < 1.29 is 14.3 Å². The standard InChI is InChI=1S/C19H26N2O3/c1-20-12-6-5-11-19(18(20)23)15-21(13-14-24-19)17(22)10-9-16-7-3-2-4-8-16/h2-4,7-8H,5-6,9-15H2,1H3. The fourth-order valence-corrected chi connectivity index (χ4v) is 3.65. The Morgan fingerprint density at radius 3 is 2.79 bits per heavy atom. The Labute approximate surface area is 143 Å². The quantitative estimate of drug-likeness (QED) is 0.850. The highest BCUT2D eigenvalue weighted by atomic mass is 16.5. The summed E-state index contributed by atoms with van der Waals surface area (Å²) in [5, 5.41) is 0. The van der Waals surface area contributed by atoms with Gasteiger partial charge in [-0.05, 0) is 31.2 Å². The number of morpholine rings is 1.